The van der Waals surface area contributed by atoms with E-state index in [4.69, 9.17) is 9.72 Å². The van der Waals surface area contributed by atoms with E-state index in [0.29, 0.717) is 60.2 Å². The van der Waals surface area contributed by atoms with Gasteiger partial charge < -0.3 is 13.9 Å². The molecule has 0 fully saturated rings. The number of fused-ring (bicyclic) bond motifs is 7. The van der Waals surface area contributed by atoms with E-state index in [1.165, 1.54) is 0 Å². The first-order valence-electron chi connectivity index (χ1n) is 13.3. The van der Waals surface area contributed by atoms with Crippen molar-refractivity contribution in [2.75, 3.05) is 24.2 Å². The van der Waals surface area contributed by atoms with E-state index in [2.05, 4.69) is 26.9 Å². The van der Waals surface area contributed by atoms with Crippen LogP contribution in [0.2, 0.25) is 0 Å². The molecule has 5 rings (SSSR count). The topological polar surface area (TPSA) is 104 Å². The molecule has 3 aromatic heterocycles. The summed E-state index contributed by atoms with van der Waals surface area (Å²) in [4.78, 5) is 23.0. The van der Waals surface area contributed by atoms with E-state index in [9.17, 15) is 9.36 Å². The second-order valence-electron chi connectivity index (χ2n) is 10.2. The second kappa shape index (κ2) is 10.4. The van der Waals surface area contributed by atoms with E-state index in [-0.39, 0.29) is 5.91 Å². The van der Waals surface area contributed by atoms with Crippen molar-refractivity contribution in [3.63, 3.8) is 0 Å². The van der Waals surface area contributed by atoms with Crippen LogP contribution in [0.25, 0.3) is 22.3 Å². The molecule has 1 aromatic carbocycles. The average Bonchev–Trinajstić information content (AvgIpc) is 3.44. The van der Waals surface area contributed by atoms with Gasteiger partial charge in [-0.2, -0.15) is 5.10 Å². The first-order chi connectivity index (χ1) is 18.2. The molecular weight excluding hydrogens is 499 g/mol. The summed E-state index contributed by atoms with van der Waals surface area (Å²) in [6.45, 7) is 9.22. The van der Waals surface area contributed by atoms with Gasteiger partial charge in [-0.1, -0.05) is 20.8 Å². The highest BCUT2D eigenvalue weighted by molar-refractivity contribution is 7.71. The molecule has 0 aliphatic carbocycles. The molecule has 0 spiro atoms. The largest absolute Gasteiger partial charge is 0.477 e. The Morgan fingerprint density at radius 2 is 1.95 bits per heavy atom. The number of nitrogens with one attached hydrogen (secondary N) is 1. The molecule has 0 saturated carbocycles. The molecule has 2 bridgehead atoms. The highest BCUT2D eigenvalue weighted by Crippen LogP contribution is 2.44. The maximum atomic E-state index is 13.5. The number of anilines is 1. The summed E-state index contributed by atoms with van der Waals surface area (Å²) < 4.78 is 23.4. The van der Waals surface area contributed by atoms with Gasteiger partial charge in [0, 0.05) is 42.5 Å². The van der Waals surface area contributed by atoms with Crippen molar-refractivity contribution in [1.29, 1.82) is 0 Å². The Kier molecular flexibility index (Phi) is 7.14. The molecule has 4 aromatic rings. The van der Waals surface area contributed by atoms with Gasteiger partial charge in [0.2, 0.25) is 11.8 Å². The van der Waals surface area contributed by atoms with E-state index < -0.39 is 7.14 Å². The Labute approximate surface area is 223 Å². The minimum atomic E-state index is -2.47. The number of nitrogens with zero attached hydrogens (tertiary/aromatic N) is 5. The number of rotatable bonds is 3. The first-order valence-corrected chi connectivity index (χ1v) is 15.3. The summed E-state index contributed by atoms with van der Waals surface area (Å²) in [5, 5.41) is 8.28. The lowest BCUT2D eigenvalue weighted by Crippen LogP contribution is -2.18. The van der Waals surface area contributed by atoms with E-state index >= 15 is 0 Å². The summed E-state index contributed by atoms with van der Waals surface area (Å²) in [5.74, 6) is 1.15. The molecule has 1 N–H and O–H groups in total. The predicted molar refractivity (Wildman–Crippen MR) is 151 cm³/mol. The Morgan fingerprint density at radius 3 is 2.71 bits per heavy atom. The highest BCUT2D eigenvalue weighted by atomic mass is 31.2. The monoisotopic (exact) mass is 534 g/mol. The van der Waals surface area contributed by atoms with Crippen LogP contribution in [0.3, 0.4) is 0 Å². The zero-order valence-electron chi connectivity index (χ0n) is 22.7. The van der Waals surface area contributed by atoms with Gasteiger partial charge in [0.1, 0.15) is 7.14 Å². The summed E-state index contributed by atoms with van der Waals surface area (Å²) in [6, 6.07) is 9.38. The lowest BCUT2D eigenvalue weighted by molar-refractivity contribution is 0.102. The molecule has 9 nitrogen and oxygen atoms in total. The molecule has 0 saturated heterocycles. The van der Waals surface area contributed by atoms with Crippen LogP contribution in [-0.4, -0.2) is 49.2 Å². The number of carbonyl (C=O) groups is 1. The fourth-order valence-corrected chi connectivity index (χ4v) is 7.00. The van der Waals surface area contributed by atoms with Crippen molar-refractivity contribution in [2.45, 2.75) is 47.1 Å². The van der Waals surface area contributed by atoms with Gasteiger partial charge in [0.05, 0.1) is 35.1 Å². The highest BCUT2D eigenvalue weighted by Gasteiger charge is 2.24. The number of carbonyl (C=O) groups excluding carboxylic acids is 1. The van der Waals surface area contributed by atoms with E-state index in [1.54, 1.807) is 23.0 Å². The molecule has 1 aliphatic rings. The predicted octanol–water partition coefficient (Wildman–Crippen LogP) is 5.23. The van der Waals surface area contributed by atoms with Crippen molar-refractivity contribution in [2.24, 2.45) is 13.0 Å². The number of aromatic nitrogens is 5. The number of ether oxygens (including phenoxy) is 1. The van der Waals surface area contributed by atoms with Crippen molar-refractivity contribution in [1.82, 2.24) is 24.3 Å². The normalized spacial score (nSPS) is 16.7. The molecule has 4 heterocycles. The van der Waals surface area contributed by atoms with Crippen LogP contribution in [0.4, 0.5) is 5.95 Å². The van der Waals surface area contributed by atoms with Gasteiger partial charge in [0.25, 0.3) is 5.91 Å². The van der Waals surface area contributed by atoms with Gasteiger partial charge in [-0.15, -0.1) is 0 Å². The van der Waals surface area contributed by atoms with Crippen LogP contribution in [-0.2, 0) is 18.2 Å². The SMILES string of the molecule is CCP(=O)(CC)c1ccc2nc3n(c2c1)C[C@H](C)CCCOc1c(cnn1C)-c1cc(cc(C)n1)C(=O)N3. The Morgan fingerprint density at radius 1 is 1.16 bits per heavy atom. The zero-order valence-corrected chi connectivity index (χ0v) is 23.6. The number of aryl methyl sites for hydroxylation is 2. The van der Waals surface area contributed by atoms with Crippen LogP contribution in [0.15, 0.2) is 36.5 Å². The summed E-state index contributed by atoms with van der Waals surface area (Å²) >= 11 is 0. The minimum Gasteiger partial charge on any atom is -0.477 e. The summed E-state index contributed by atoms with van der Waals surface area (Å²) in [6.07, 6.45) is 4.74. The van der Waals surface area contributed by atoms with E-state index in [1.807, 2.05) is 46.0 Å². The number of hydrogen-bond donors (Lipinski definition) is 1. The minimum absolute atomic E-state index is 0.268. The van der Waals surface area contributed by atoms with Gasteiger partial charge in [-0.25, -0.2) is 9.67 Å². The molecule has 1 atom stereocenters. The van der Waals surface area contributed by atoms with Gasteiger partial charge in [-0.05, 0) is 56.0 Å². The molecule has 200 valence electrons. The third kappa shape index (κ3) is 4.87. The first kappa shape index (κ1) is 26.2. The lowest BCUT2D eigenvalue weighted by Gasteiger charge is -2.17. The quantitative estimate of drug-likeness (QED) is 0.361. The lowest BCUT2D eigenvalue weighted by atomic mass is 10.1. The number of amides is 1. The van der Waals surface area contributed by atoms with Crippen LogP contribution in [0.1, 0.15) is 49.7 Å². The molecule has 10 heteroatoms. The fourth-order valence-electron chi connectivity index (χ4n) is 5.12. The number of imidazole rings is 1. The molecule has 1 amide bonds. The van der Waals surface area contributed by atoms with Crippen molar-refractivity contribution < 1.29 is 14.1 Å². The summed E-state index contributed by atoms with van der Waals surface area (Å²) in [5.41, 5.74) is 4.24. The van der Waals surface area contributed by atoms with E-state index in [0.717, 1.165) is 34.7 Å². The Balaban J connectivity index is 1.62. The maximum absolute atomic E-state index is 13.5. The third-order valence-electron chi connectivity index (χ3n) is 7.40. The standard InChI is InChI=1S/C28H35N6O3P/c1-6-38(36,7-2)21-10-11-23-25(15-21)34-17-18(3)9-8-12-37-27-22(16-29-33(27)5)24-14-20(13-19(4)30-24)26(35)32-28(34)31-23/h10-11,13-16,18H,6-9,12,17H2,1-5H3,(H,31,32,35)/t18-/m1/s1. The van der Waals surface area contributed by atoms with Crippen molar-refractivity contribution in [3.8, 4) is 17.1 Å². The van der Waals surface area contributed by atoms with Crippen molar-refractivity contribution >= 4 is 35.3 Å². The van der Waals surface area contributed by atoms with Gasteiger partial charge >= 0.3 is 0 Å². The fraction of sp³-hybridized carbons (Fsp3) is 0.429. The van der Waals surface area contributed by atoms with Crippen LogP contribution in [0.5, 0.6) is 5.88 Å². The number of hydrogen-bond acceptors (Lipinski definition) is 6. The molecule has 0 unspecified atom stereocenters. The summed E-state index contributed by atoms with van der Waals surface area (Å²) in [7, 11) is -0.629. The maximum Gasteiger partial charge on any atom is 0.258 e. The smallest absolute Gasteiger partial charge is 0.258 e. The Hall–Kier alpha value is -3.45. The molecule has 1 aliphatic heterocycles. The van der Waals surface area contributed by atoms with Crippen LogP contribution in [0, 0.1) is 12.8 Å². The van der Waals surface area contributed by atoms with Gasteiger partial charge in [-0.3, -0.25) is 15.1 Å². The Bertz CT molecular complexity index is 1550. The molecule has 0 radical (unpaired) electrons. The molecular formula is C28H35N6O3P. The number of benzene rings is 1. The second-order valence-corrected chi connectivity index (χ2v) is 13.7. The van der Waals surface area contributed by atoms with Crippen LogP contribution >= 0.6 is 7.14 Å². The van der Waals surface area contributed by atoms with Crippen LogP contribution < -0.4 is 15.4 Å². The third-order valence-corrected chi connectivity index (χ3v) is 10.7. The zero-order chi connectivity index (χ0) is 27.0. The van der Waals surface area contributed by atoms with Crippen molar-refractivity contribution in [3.05, 3.63) is 47.8 Å². The van der Waals surface area contributed by atoms with Gasteiger partial charge in [0.15, 0.2) is 0 Å². The number of pyridine rings is 1. The molecule has 38 heavy (non-hydrogen) atoms. The average molecular weight is 535 g/mol.